The van der Waals surface area contributed by atoms with Gasteiger partial charge < -0.3 is 9.84 Å². The molecule has 1 aliphatic rings. The topological polar surface area (TPSA) is 66.8 Å². The fourth-order valence-electron chi connectivity index (χ4n) is 1.80. The second-order valence-corrected chi connectivity index (χ2v) is 5.96. The Morgan fingerprint density at radius 3 is 2.68 bits per heavy atom. The average Bonchev–Trinajstić information content (AvgIpc) is 2.74. The Morgan fingerprint density at radius 2 is 2.09 bits per heavy atom. The molecule has 1 fully saturated rings. The summed E-state index contributed by atoms with van der Waals surface area (Å²) in [6, 6.07) is 7.43. The Bertz CT molecular complexity index is 625. The average molecular weight is 337 g/mol. The number of carboxylic acid groups (broad SMARTS) is 1. The lowest BCUT2D eigenvalue weighted by molar-refractivity contribution is -0.136. The minimum Gasteiger partial charge on any atom is -0.494 e. The third-order valence-corrected chi connectivity index (χ3v) is 4.31. The normalized spacial score (nSPS) is 16.4. The third-order valence-electron chi connectivity index (χ3n) is 2.82. The predicted molar refractivity (Wildman–Crippen MR) is 90.1 cm³/mol. The number of amides is 1. The van der Waals surface area contributed by atoms with Gasteiger partial charge in [0.1, 0.15) is 17.3 Å². The third kappa shape index (κ3) is 4.08. The first-order valence-corrected chi connectivity index (χ1v) is 7.93. The van der Waals surface area contributed by atoms with Crippen LogP contribution in [0, 0.1) is 0 Å². The smallest absolute Gasteiger partial charge is 0.323 e. The second-order valence-electron chi connectivity index (χ2n) is 4.58. The lowest BCUT2D eigenvalue weighted by atomic mass is 10.2. The summed E-state index contributed by atoms with van der Waals surface area (Å²) in [5.74, 6) is -0.302. The Hall–Kier alpha value is -1.86. The van der Waals surface area contributed by atoms with Gasteiger partial charge in [-0.15, -0.1) is 0 Å². The lowest BCUT2D eigenvalue weighted by Crippen LogP contribution is -2.32. The molecule has 1 saturated heterocycles. The van der Waals surface area contributed by atoms with Crippen molar-refractivity contribution in [2.45, 2.75) is 13.3 Å². The molecule has 5 nitrogen and oxygen atoms in total. The predicted octanol–water partition coefficient (Wildman–Crippen LogP) is 3.40. The second kappa shape index (κ2) is 7.42. The summed E-state index contributed by atoms with van der Waals surface area (Å²) in [7, 11) is 0. The van der Waals surface area contributed by atoms with Crippen LogP contribution < -0.4 is 4.74 Å². The summed E-state index contributed by atoms with van der Waals surface area (Å²) in [5.41, 5.74) is 0.874. The van der Waals surface area contributed by atoms with Crippen molar-refractivity contribution < 1.29 is 19.4 Å². The zero-order chi connectivity index (χ0) is 16.1. The number of nitrogens with zero attached hydrogens (tertiary/aromatic N) is 1. The summed E-state index contributed by atoms with van der Waals surface area (Å²) >= 11 is 6.12. The Kier molecular flexibility index (Phi) is 5.57. The minimum atomic E-state index is -1.09. The minimum absolute atomic E-state index is 0.253. The van der Waals surface area contributed by atoms with Crippen LogP contribution in [0.4, 0.5) is 4.79 Å². The van der Waals surface area contributed by atoms with Gasteiger partial charge in [0.25, 0.3) is 5.24 Å². The summed E-state index contributed by atoms with van der Waals surface area (Å²) in [6.07, 6.45) is 2.72. The van der Waals surface area contributed by atoms with Crippen LogP contribution in [0.5, 0.6) is 5.75 Å². The van der Waals surface area contributed by atoms with Gasteiger partial charge in [0.15, 0.2) is 0 Å². The van der Waals surface area contributed by atoms with Gasteiger partial charge in [-0.3, -0.25) is 14.5 Å². The summed E-state index contributed by atoms with van der Waals surface area (Å²) in [6.45, 7) is 2.29. The van der Waals surface area contributed by atoms with Crippen molar-refractivity contribution in [3.8, 4) is 5.75 Å². The number of carbonyl (C=O) groups is 2. The van der Waals surface area contributed by atoms with Crippen LogP contribution in [-0.4, -0.2) is 39.4 Å². The highest BCUT2D eigenvalue weighted by molar-refractivity contribution is 8.19. The first-order valence-electron chi connectivity index (χ1n) is 6.71. The van der Waals surface area contributed by atoms with Crippen molar-refractivity contribution in [3.63, 3.8) is 0 Å². The van der Waals surface area contributed by atoms with Crippen LogP contribution in [-0.2, 0) is 4.79 Å². The standard InChI is InChI=1S/C15H15NO4S2/c1-2-7-20-11-5-3-10(4-6-11)8-12-14(21)16(9-13(17)18)15(19)22-12/h3-6,8H,2,7,9H2,1H3,(H,17,18). The lowest BCUT2D eigenvalue weighted by Gasteiger charge is -2.10. The number of thiocarbonyl (C=S) groups is 1. The largest absolute Gasteiger partial charge is 0.494 e. The highest BCUT2D eigenvalue weighted by Crippen LogP contribution is 2.33. The number of ether oxygens (including phenoxy) is 1. The molecule has 1 aromatic carbocycles. The van der Waals surface area contributed by atoms with E-state index in [0.29, 0.717) is 11.5 Å². The monoisotopic (exact) mass is 337 g/mol. The first kappa shape index (κ1) is 16.5. The molecule has 0 aliphatic carbocycles. The fraction of sp³-hybridized carbons (Fsp3) is 0.267. The van der Waals surface area contributed by atoms with Crippen molar-refractivity contribution in [1.82, 2.24) is 4.90 Å². The molecule has 0 unspecified atom stereocenters. The number of benzene rings is 1. The molecule has 0 saturated carbocycles. The Morgan fingerprint density at radius 1 is 1.41 bits per heavy atom. The van der Waals surface area contributed by atoms with E-state index in [-0.39, 0.29) is 10.2 Å². The maximum Gasteiger partial charge on any atom is 0.323 e. The van der Waals surface area contributed by atoms with E-state index in [1.54, 1.807) is 6.08 Å². The number of hydrogen-bond donors (Lipinski definition) is 1. The highest BCUT2D eigenvalue weighted by Gasteiger charge is 2.32. The molecule has 0 aromatic heterocycles. The zero-order valence-electron chi connectivity index (χ0n) is 11.9. The molecule has 2 rings (SSSR count). The van der Waals surface area contributed by atoms with Crippen LogP contribution in [0.2, 0.25) is 0 Å². The quantitative estimate of drug-likeness (QED) is 0.634. The Labute approximate surface area is 137 Å². The zero-order valence-corrected chi connectivity index (χ0v) is 13.6. The van der Waals surface area contributed by atoms with E-state index >= 15 is 0 Å². The van der Waals surface area contributed by atoms with Crippen LogP contribution in [0.15, 0.2) is 29.2 Å². The van der Waals surface area contributed by atoms with Crippen molar-refractivity contribution >= 4 is 46.3 Å². The molecule has 22 heavy (non-hydrogen) atoms. The molecule has 116 valence electrons. The number of rotatable bonds is 6. The molecular formula is C15H15NO4S2. The van der Waals surface area contributed by atoms with Gasteiger partial charge in [-0.1, -0.05) is 31.3 Å². The molecule has 0 atom stereocenters. The number of thioether (sulfide) groups is 1. The van der Waals surface area contributed by atoms with Gasteiger partial charge in [0, 0.05) is 0 Å². The van der Waals surface area contributed by atoms with Gasteiger partial charge in [0.05, 0.1) is 11.5 Å². The van der Waals surface area contributed by atoms with E-state index < -0.39 is 12.5 Å². The number of carbonyl (C=O) groups excluding carboxylic acids is 1. The fourth-order valence-corrected chi connectivity index (χ4v) is 3.04. The molecule has 1 aliphatic heterocycles. The van der Waals surface area contributed by atoms with Crippen molar-refractivity contribution in [2.75, 3.05) is 13.2 Å². The molecule has 1 N–H and O–H groups in total. The Balaban J connectivity index is 2.11. The SMILES string of the molecule is CCCOc1ccc(C=C2SC(=O)N(CC(=O)O)C2=S)cc1. The highest BCUT2D eigenvalue weighted by atomic mass is 32.2. The van der Waals surface area contributed by atoms with Crippen LogP contribution in [0.1, 0.15) is 18.9 Å². The number of carboxylic acids is 1. The summed E-state index contributed by atoms with van der Waals surface area (Å²) < 4.78 is 5.50. The maximum atomic E-state index is 11.8. The van der Waals surface area contributed by atoms with Gasteiger partial charge in [-0.05, 0) is 42.0 Å². The number of hydrogen-bond acceptors (Lipinski definition) is 5. The molecule has 1 aromatic rings. The van der Waals surface area contributed by atoms with Crippen LogP contribution in [0.25, 0.3) is 6.08 Å². The molecule has 0 radical (unpaired) electrons. The molecule has 1 amide bonds. The van der Waals surface area contributed by atoms with Gasteiger partial charge in [0.2, 0.25) is 0 Å². The summed E-state index contributed by atoms with van der Waals surface area (Å²) in [5, 5.41) is 8.43. The van der Waals surface area contributed by atoms with E-state index in [4.69, 9.17) is 22.1 Å². The van der Waals surface area contributed by atoms with E-state index in [2.05, 4.69) is 0 Å². The van der Waals surface area contributed by atoms with Crippen LogP contribution >= 0.6 is 24.0 Å². The van der Waals surface area contributed by atoms with Gasteiger partial charge >= 0.3 is 5.97 Å². The van der Waals surface area contributed by atoms with Crippen LogP contribution in [0.3, 0.4) is 0 Å². The van der Waals surface area contributed by atoms with E-state index in [9.17, 15) is 9.59 Å². The molecule has 0 spiro atoms. The molecule has 7 heteroatoms. The van der Waals surface area contributed by atoms with E-state index in [1.165, 1.54) is 0 Å². The van der Waals surface area contributed by atoms with Crippen molar-refractivity contribution in [3.05, 3.63) is 34.7 Å². The van der Waals surface area contributed by atoms with E-state index in [0.717, 1.165) is 34.4 Å². The molecular weight excluding hydrogens is 322 g/mol. The van der Waals surface area contributed by atoms with E-state index in [1.807, 2.05) is 31.2 Å². The molecule has 0 bridgehead atoms. The van der Waals surface area contributed by atoms with Gasteiger partial charge in [-0.25, -0.2) is 0 Å². The maximum absolute atomic E-state index is 11.8. The number of aliphatic carboxylic acids is 1. The van der Waals surface area contributed by atoms with Crippen molar-refractivity contribution in [2.24, 2.45) is 0 Å². The first-order chi connectivity index (χ1) is 10.5. The molecule has 1 heterocycles. The van der Waals surface area contributed by atoms with Gasteiger partial charge in [-0.2, -0.15) is 0 Å². The van der Waals surface area contributed by atoms with Crippen molar-refractivity contribution in [1.29, 1.82) is 0 Å². The summed E-state index contributed by atoms with van der Waals surface area (Å²) in [4.78, 5) is 24.4.